The average Bonchev–Trinajstić information content (AvgIpc) is 2.04. The fourth-order valence-electron chi connectivity index (χ4n) is 1.07. The van der Waals surface area contributed by atoms with E-state index >= 15 is 0 Å². The van der Waals surface area contributed by atoms with Gasteiger partial charge in [0.25, 0.3) is 6.43 Å². The van der Waals surface area contributed by atoms with E-state index in [1.807, 2.05) is 0 Å². The Kier molecular flexibility index (Phi) is 3.04. The molecule has 1 aromatic carbocycles. The lowest BCUT2D eigenvalue weighted by molar-refractivity contribution is 0.150. The molecular formula is C9H9ClF2. The van der Waals surface area contributed by atoms with Gasteiger partial charge in [0.05, 0.1) is 5.38 Å². The smallest absolute Gasteiger partial charge is 0.205 e. The zero-order valence-electron chi connectivity index (χ0n) is 6.60. The normalized spacial score (nSPS) is 13.4. The number of alkyl halides is 3. The van der Waals surface area contributed by atoms with Gasteiger partial charge in [-0.1, -0.05) is 24.3 Å². The molecule has 12 heavy (non-hydrogen) atoms. The average molecular weight is 191 g/mol. The molecule has 0 aliphatic rings. The van der Waals surface area contributed by atoms with Crippen molar-refractivity contribution in [2.75, 3.05) is 0 Å². The van der Waals surface area contributed by atoms with E-state index in [0.29, 0.717) is 5.56 Å². The van der Waals surface area contributed by atoms with Gasteiger partial charge in [0.1, 0.15) is 0 Å². The van der Waals surface area contributed by atoms with E-state index in [1.165, 1.54) is 6.07 Å². The van der Waals surface area contributed by atoms with E-state index in [1.54, 1.807) is 25.1 Å². The molecule has 0 N–H and O–H groups in total. The van der Waals surface area contributed by atoms with Crippen molar-refractivity contribution in [3.63, 3.8) is 0 Å². The molecule has 1 rings (SSSR count). The summed E-state index contributed by atoms with van der Waals surface area (Å²) >= 11 is 5.72. The second-order valence-electron chi connectivity index (χ2n) is 2.55. The van der Waals surface area contributed by atoms with Gasteiger partial charge in [-0.05, 0) is 12.5 Å². The largest absolute Gasteiger partial charge is 0.264 e. The first-order valence-corrected chi connectivity index (χ1v) is 4.07. The lowest BCUT2D eigenvalue weighted by Gasteiger charge is -2.09. The van der Waals surface area contributed by atoms with Crippen LogP contribution in [0.2, 0.25) is 0 Å². The highest BCUT2D eigenvalue weighted by atomic mass is 35.5. The quantitative estimate of drug-likeness (QED) is 0.620. The van der Waals surface area contributed by atoms with E-state index in [0.717, 1.165) is 0 Å². The van der Waals surface area contributed by atoms with Crippen molar-refractivity contribution >= 4 is 11.6 Å². The summed E-state index contributed by atoms with van der Waals surface area (Å²) in [6.45, 7) is 1.68. The van der Waals surface area contributed by atoms with Crippen LogP contribution in [0.3, 0.4) is 0 Å². The van der Waals surface area contributed by atoms with Crippen LogP contribution in [-0.2, 0) is 0 Å². The summed E-state index contributed by atoms with van der Waals surface area (Å²) in [6.07, 6.45) is -2.44. The van der Waals surface area contributed by atoms with Crippen LogP contribution in [-0.4, -0.2) is 0 Å². The number of rotatable bonds is 2. The molecule has 1 atom stereocenters. The Morgan fingerprint density at radius 1 is 1.17 bits per heavy atom. The van der Waals surface area contributed by atoms with E-state index in [4.69, 9.17) is 11.6 Å². The van der Waals surface area contributed by atoms with Gasteiger partial charge < -0.3 is 0 Å². The Hall–Kier alpha value is -0.630. The van der Waals surface area contributed by atoms with Crippen LogP contribution in [0, 0.1) is 0 Å². The standard InChI is InChI=1S/C9H9ClF2/c1-6(10)7-4-2-3-5-8(7)9(11)12/h2-6,9H,1H3. The van der Waals surface area contributed by atoms with Crippen molar-refractivity contribution in [1.82, 2.24) is 0 Å². The summed E-state index contributed by atoms with van der Waals surface area (Å²) in [7, 11) is 0. The molecule has 0 aromatic heterocycles. The van der Waals surface area contributed by atoms with Gasteiger partial charge in [0.2, 0.25) is 0 Å². The van der Waals surface area contributed by atoms with Crippen LogP contribution in [0.4, 0.5) is 8.78 Å². The monoisotopic (exact) mass is 190 g/mol. The van der Waals surface area contributed by atoms with E-state index in [2.05, 4.69) is 0 Å². The van der Waals surface area contributed by atoms with Crippen LogP contribution in [0.5, 0.6) is 0 Å². The van der Waals surface area contributed by atoms with E-state index in [-0.39, 0.29) is 10.9 Å². The molecule has 0 saturated heterocycles. The summed E-state index contributed by atoms with van der Waals surface area (Å²) in [6, 6.07) is 6.32. The Bertz CT molecular complexity index is 231. The van der Waals surface area contributed by atoms with Crippen molar-refractivity contribution in [2.24, 2.45) is 0 Å². The molecule has 1 aromatic rings. The zero-order valence-corrected chi connectivity index (χ0v) is 7.35. The molecule has 66 valence electrons. The Morgan fingerprint density at radius 3 is 2.00 bits per heavy atom. The molecule has 0 amide bonds. The molecule has 0 heterocycles. The van der Waals surface area contributed by atoms with Crippen LogP contribution >= 0.6 is 11.6 Å². The second kappa shape index (κ2) is 3.85. The highest BCUT2D eigenvalue weighted by Gasteiger charge is 2.14. The summed E-state index contributed by atoms with van der Waals surface area (Å²) in [5.41, 5.74) is 0.536. The van der Waals surface area contributed by atoms with Crippen molar-refractivity contribution in [3.8, 4) is 0 Å². The van der Waals surface area contributed by atoms with Crippen molar-refractivity contribution in [3.05, 3.63) is 35.4 Å². The molecule has 0 bridgehead atoms. The van der Waals surface area contributed by atoms with Gasteiger partial charge in [-0.25, -0.2) is 8.78 Å². The maximum Gasteiger partial charge on any atom is 0.264 e. The van der Waals surface area contributed by atoms with Crippen LogP contribution in [0.1, 0.15) is 29.9 Å². The molecule has 0 nitrogen and oxygen atoms in total. The molecule has 0 fully saturated rings. The fourth-order valence-corrected chi connectivity index (χ4v) is 1.27. The maximum absolute atomic E-state index is 12.3. The van der Waals surface area contributed by atoms with E-state index in [9.17, 15) is 8.78 Å². The predicted octanol–water partition coefficient (Wildman–Crippen LogP) is 3.92. The van der Waals surface area contributed by atoms with Crippen LogP contribution in [0.15, 0.2) is 24.3 Å². The molecule has 0 spiro atoms. The summed E-state index contributed by atoms with van der Waals surface area (Å²) in [5, 5.41) is -0.366. The minimum absolute atomic E-state index is 0.0278. The zero-order chi connectivity index (χ0) is 9.14. The lowest BCUT2D eigenvalue weighted by Crippen LogP contribution is -1.94. The van der Waals surface area contributed by atoms with Gasteiger partial charge in [-0.15, -0.1) is 11.6 Å². The highest BCUT2D eigenvalue weighted by Crippen LogP contribution is 2.29. The Morgan fingerprint density at radius 2 is 1.67 bits per heavy atom. The second-order valence-corrected chi connectivity index (χ2v) is 3.20. The first-order chi connectivity index (χ1) is 5.63. The molecule has 0 radical (unpaired) electrons. The van der Waals surface area contributed by atoms with E-state index < -0.39 is 6.43 Å². The number of halogens is 3. The third-order valence-corrected chi connectivity index (χ3v) is 1.89. The van der Waals surface area contributed by atoms with Gasteiger partial charge in [-0.2, -0.15) is 0 Å². The number of hydrogen-bond donors (Lipinski definition) is 0. The number of benzene rings is 1. The minimum atomic E-state index is -2.44. The van der Waals surface area contributed by atoms with Crippen LogP contribution < -0.4 is 0 Å². The highest BCUT2D eigenvalue weighted by molar-refractivity contribution is 6.20. The van der Waals surface area contributed by atoms with Crippen LogP contribution in [0.25, 0.3) is 0 Å². The third-order valence-electron chi connectivity index (χ3n) is 1.66. The Labute approximate surface area is 75.2 Å². The topological polar surface area (TPSA) is 0 Å². The van der Waals surface area contributed by atoms with Gasteiger partial charge in [-0.3, -0.25) is 0 Å². The number of hydrogen-bond acceptors (Lipinski definition) is 0. The summed E-state index contributed by atoms with van der Waals surface area (Å²) in [5.74, 6) is 0. The molecule has 3 heteroatoms. The Balaban J connectivity index is 3.09. The molecule has 0 saturated carbocycles. The van der Waals surface area contributed by atoms with Crippen molar-refractivity contribution in [2.45, 2.75) is 18.7 Å². The lowest BCUT2D eigenvalue weighted by atomic mass is 10.1. The van der Waals surface area contributed by atoms with Crippen molar-refractivity contribution in [1.29, 1.82) is 0 Å². The van der Waals surface area contributed by atoms with Gasteiger partial charge in [0, 0.05) is 5.56 Å². The fraction of sp³-hybridized carbons (Fsp3) is 0.333. The van der Waals surface area contributed by atoms with Gasteiger partial charge in [0.15, 0.2) is 0 Å². The minimum Gasteiger partial charge on any atom is -0.205 e. The SMILES string of the molecule is CC(Cl)c1ccccc1C(F)F. The van der Waals surface area contributed by atoms with Gasteiger partial charge >= 0.3 is 0 Å². The molecule has 0 aliphatic carbocycles. The molecule has 1 unspecified atom stereocenters. The summed E-state index contributed by atoms with van der Waals surface area (Å²) in [4.78, 5) is 0. The first kappa shape index (κ1) is 9.46. The maximum atomic E-state index is 12.3. The van der Waals surface area contributed by atoms with Crippen molar-refractivity contribution < 1.29 is 8.78 Å². The first-order valence-electron chi connectivity index (χ1n) is 3.64. The third kappa shape index (κ3) is 1.95. The summed E-state index contributed by atoms with van der Waals surface area (Å²) < 4.78 is 24.7. The molecular weight excluding hydrogens is 182 g/mol. The molecule has 0 aliphatic heterocycles. The predicted molar refractivity (Wildman–Crippen MR) is 45.7 cm³/mol.